The molecule has 0 radical (unpaired) electrons. The molecule has 6 nitrogen and oxygen atoms in total. The normalized spacial score (nSPS) is 10.4. The van der Waals surface area contributed by atoms with E-state index in [4.69, 9.17) is 4.74 Å². The first-order valence-electron chi connectivity index (χ1n) is 5.63. The van der Waals surface area contributed by atoms with Gasteiger partial charge in [0.2, 0.25) is 0 Å². The van der Waals surface area contributed by atoms with Crippen molar-refractivity contribution in [2.75, 3.05) is 19.0 Å². The van der Waals surface area contributed by atoms with Crippen molar-refractivity contribution < 1.29 is 9.53 Å². The number of carbonyl (C=O) groups excluding carboxylic acids is 1. The molecule has 2 heterocycles. The molecule has 0 unspecified atom stereocenters. The van der Waals surface area contributed by atoms with Gasteiger partial charge < -0.3 is 14.6 Å². The lowest BCUT2D eigenvalue weighted by Crippen LogP contribution is -2.18. The van der Waals surface area contributed by atoms with Crippen molar-refractivity contribution in [3.05, 3.63) is 41.0 Å². The van der Waals surface area contributed by atoms with E-state index >= 15 is 0 Å². The van der Waals surface area contributed by atoms with Crippen LogP contribution < -0.4 is 5.32 Å². The zero-order valence-corrected chi connectivity index (χ0v) is 11.9. The standard InChI is InChI=1S/C12H13BrN4O2/c1-19-6-5-17-4-2-3-9(17)12(18)16-11-8-14-10(13)7-15-11/h2-4,7-8H,5-6H2,1H3,(H,15,16,18). The monoisotopic (exact) mass is 324 g/mol. The smallest absolute Gasteiger partial charge is 0.273 e. The fourth-order valence-corrected chi connectivity index (χ4v) is 1.77. The van der Waals surface area contributed by atoms with E-state index in [1.54, 1.807) is 13.2 Å². The Bertz CT molecular complexity index is 553. The number of halogens is 1. The molecule has 1 N–H and O–H groups in total. The molecule has 1 amide bonds. The SMILES string of the molecule is COCCn1cccc1C(=O)Nc1cnc(Br)cn1. The number of carbonyl (C=O) groups is 1. The summed E-state index contributed by atoms with van der Waals surface area (Å²) in [4.78, 5) is 20.1. The van der Waals surface area contributed by atoms with E-state index in [1.807, 2.05) is 16.8 Å². The van der Waals surface area contributed by atoms with Gasteiger partial charge in [-0.3, -0.25) is 4.79 Å². The van der Waals surface area contributed by atoms with Crippen molar-refractivity contribution in [1.82, 2.24) is 14.5 Å². The molecule has 2 aromatic rings. The van der Waals surface area contributed by atoms with E-state index in [1.165, 1.54) is 12.4 Å². The molecule has 0 atom stereocenters. The Hall–Kier alpha value is -1.73. The molecule has 0 fully saturated rings. The minimum atomic E-state index is -0.224. The number of rotatable bonds is 5. The molecule has 19 heavy (non-hydrogen) atoms. The van der Waals surface area contributed by atoms with Crippen molar-refractivity contribution in [2.24, 2.45) is 0 Å². The number of hydrogen-bond acceptors (Lipinski definition) is 4. The Labute approximate surface area is 118 Å². The van der Waals surface area contributed by atoms with Gasteiger partial charge in [0.05, 0.1) is 19.0 Å². The molecule has 2 rings (SSSR count). The van der Waals surface area contributed by atoms with Gasteiger partial charge in [0, 0.05) is 19.9 Å². The average molecular weight is 325 g/mol. The van der Waals surface area contributed by atoms with E-state index in [2.05, 4.69) is 31.2 Å². The fourth-order valence-electron chi connectivity index (χ4n) is 1.56. The quantitative estimate of drug-likeness (QED) is 0.912. The van der Waals surface area contributed by atoms with Crippen LogP contribution in [0.2, 0.25) is 0 Å². The molecule has 0 bridgehead atoms. The molecule has 2 aromatic heterocycles. The summed E-state index contributed by atoms with van der Waals surface area (Å²) in [5, 5.41) is 2.69. The number of methoxy groups -OCH3 is 1. The largest absolute Gasteiger partial charge is 0.383 e. The van der Waals surface area contributed by atoms with Crippen LogP contribution in [0.25, 0.3) is 0 Å². The highest BCUT2D eigenvalue weighted by atomic mass is 79.9. The zero-order chi connectivity index (χ0) is 13.7. The maximum Gasteiger partial charge on any atom is 0.273 e. The lowest BCUT2D eigenvalue weighted by molar-refractivity contribution is 0.101. The Morgan fingerprint density at radius 2 is 2.32 bits per heavy atom. The topological polar surface area (TPSA) is 69.0 Å². The average Bonchev–Trinajstić information content (AvgIpc) is 2.87. The molecular formula is C12H13BrN4O2. The molecule has 0 spiro atoms. The molecule has 100 valence electrons. The van der Waals surface area contributed by atoms with Crippen molar-refractivity contribution >= 4 is 27.7 Å². The zero-order valence-electron chi connectivity index (χ0n) is 10.3. The summed E-state index contributed by atoms with van der Waals surface area (Å²) in [6.45, 7) is 1.17. The van der Waals surface area contributed by atoms with Crippen molar-refractivity contribution in [1.29, 1.82) is 0 Å². The predicted octanol–water partition coefficient (Wildman–Crippen LogP) is 1.94. The van der Waals surface area contributed by atoms with Gasteiger partial charge in [0.1, 0.15) is 10.3 Å². The minimum absolute atomic E-state index is 0.224. The van der Waals surface area contributed by atoms with E-state index in [-0.39, 0.29) is 5.91 Å². The number of aromatic nitrogens is 3. The maximum absolute atomic E-state index is 12.1. The number of amides is 1. The number of ether oxygens (including phenoxy) is 1. The van der Waals surface area contributed by atoms with E-state index in [9.17, 15) is 4.79 Å². The van der Waals surface area contributed by atoms with Gasteiger partial charge in [-0.25, -0.2) is 9.97 Å². The van der Waals surface area contributed by atoms with Crippen LogP contribution >= 0.6 is 15.9 Å². The Morgan fingerprint density at radius 1 is 1.47 bits per heavy atom. The van der Waals surface area contributed by atoms with Gasteiger partial charge in [0.25, 0.3) is 5.91 Å². The molecule has 0 aliphatic carbocycles. The third-order valence-corrected chi connectivity index (χ3v) is 2.87. The predicted molar refractivity (Wildman–Crippen MR) is 74.0 cm³/mol. The second kappa shape index (κ2) is 6.44. The van der Waals surface area contributed by atoms with E-state index < -0.39 is 0 Å². The number of nitrogens with one attached hydrogen (secondary N) is 1. The van der Waals surface area contributed by atoms with Crippen LogP contribution in [0.3, 0.4) is 0 Å². The van der Waals surface area contributed by atoms with Crippen molar-refractivity contribution in [3.63, 3.8) is 0 Å². The summed E-state index contributed by atoms with van der Waals surface area (Å²) < 4.78 is 7.45. The van der Waals surface area contributed by atoms with Crippen molar-refractivity contribution in [3.8, 4) is 0 Å². The molecule has 0 aliphatic heterocycles. The van der Waals surface area contributed by atoms with E-state index in [0.29, 0.717) is 29.3 Å². The van der Waals surface area contributed by atoms with Gasteiger partial charge in [-0.2, -0.15) is 0 Å². The Kier molecular flexibility index (Phi) is 4.64. The van der Waals surface area contributed by atoms with Crippen LogP contribution in [0.1, 0.15) is 10.5 Å². The van der Waals surface area contributed by atoms with Crippen LogP contribution in [-0.2, 0) is 11.3 Å². The molecule has 0 aromatic carbocycles. The summed E-state index contributed by atoms with van der Waals surface area (Å²) in [5.74, 6) is 0.186. The number of anilines is 1. The van der Waals surface area contributed by atoms with Gasteiger partial charge in [-0.1, -0.05) is 0 Å². The number of hydrogen-bond donors (Lipinski definition) is 1. The summed E-state index contributed by atoms with van der Waals surface area (Å²) in [5.41, 5.74) is 0.557. The first-order valence-corrected chi connectivity index (χ1v) is 6.43. The molecule has 0 aliphatic rings. The summed E-state index contributed by atoms with van der Waals surface area (Å²) >= 11 is 3.19. The summed E-state index contributed by atoms with van der Waals surface area (Å²) in [6.07, 6.45) is 4.85. The lowest BCUT2D eigenvalue weighted by Gasteiger charge is -2.08. The summed E-state index contributed by atoms with van der Waals surface area (Å²) in [7, 11) is 1.63. The number of nitrogens with zero attached hydrogens (tertiary/aromatic N) is 3. The van der Waals surface area contributed by atoms with Crippen LogP contribution in [0.4, 0.5) is 5.82 Å². The first kappa shape index (κ1) is 13.7. The molecule has 0 saturated heterocycles. The third kappa shape index (κ3) is 3.62. The van der Waals surface area contributed by atoms with Gasteiger partial charge in [0.15, 0.2) is 5.82 Å². The maximum atomic E-state index is 12.1. The van der Waals surface area contributed by atoms with Crippen molar-refractivity contribution in [2.45, 2.75) is 6.54 Å². The second-order valence-electron chi connectivity index (χ2n) is 3.76. The van der Waals surface area contributed by atoms with Gasteiger partial charge in [-0.05, 0) is 28.1 Å². The van der Waals surface area contributed by atoms with Crippen LogP contribution in [0.5, 0.6) is 0 Å². The Morgan fingerprint density at radius 3 is 3.00 bits per heavy atom. The fraction of sp³-hybridized carbons (Fsp3) is 0.250. The highest BCUT2D eigenvalue weighted by Crippen LogP contribution is 2.09. The van der Waals surface area contributed by atoms with E-state index in [0.717, 1.165) is 0 Å². The first-order chi connectivity index (χ1) is 9.20. The molecule has 0 saturated carbocycles. The highest BCUT2D eigenvalue weighted by Gasteiger charge is 2.11. The Balaban J connectivity index is 2.07. The lowest BCUT2D eigenvalue weighted by atomic mass is 10.4. The summed E-state index contributed by atoms with van der Waals surface area (Å²) in [6, 6.07) is 3.56. The van der Waals surface area contributed by atoms with Crippen LogP contribution in [-0.4, -0.2) is 34.2 Å². The van der Waals surface area contributed by atoms with Gasteiger partial charge >= 0.3 is 0 Å². The molecular weight excluding hydrogens is 312 g/mol. The van der Waals surface area contributed by atoms with Crippen LogP contribution in [0.15, 0.2) is 35.3 Å². The van der Waals surface area contributed by atoms with Gasteiger partial charge in [-0.15, -0.1) is 0 Å². The van der Waals surface area contributed by atoms with Crippen LogP contribution in [0, 0.1) is 0 Å². The minimum Gasteiger partial charge on any atom is -0.383 e. The second-order valence-corrected chi connectivity index (χ2v) is 4.57. The third-order valence-electron chi connectivity index (χ3n) is 2.46. The highest BCUT2D eigenvalue weighted by molar-refractivity contribution is 9.10. The molecule has 7 heteroatoms.